The van der Waals surface area contributed by atoms with Crippen molar-refractivity contribution in [2.45, 2.75) is 25.9 Å². The van der Waals surface area contributed by atoms with E-state index in [-0.39, 0.29) is 12.2 Å². The van der Waals surface area contributed by atoms with Crippen LogP contribution in [0, 0.1) is 11.3 Å². The monoisotopic (exact) mass is 416 g/mol. The van der Waals surface area contributed by atoms with Crippen LogP contribution in [-0.4, -0.2) is 26.1 Å². The summed E-state index contributed by atoms with van der Waals surface area (Å²) in [7, 11) is 3.26. The molecule has 0 saturated heterocycles. The van der Waals surface area contributed by atoms with E-state index in [1.165, 1.54) is 13.2 Å². The number of benzene rings is 2. The smallest absolute Gasteiger partial charge is 0.349 e. The molecule has 0 bridgehead atoms. The molecule has 31 heavy (non-hydrogen) atoms. The molecule has 0 N–H and O–H groups in total. The molecule has 0 spiro atoms. The number of carbonyl (C=O) groups is 2. The van der Waals surface area contributed by atoms with Gasteiger partial charge in [0.15, 0.2) is 0 Å². The summed E-state index contributed by atoms with van der Waals surface area (Å²) in [4.78, 5) is 26.3. The molecule has 0 aromatic heterocycles. The topological polar surface area (TPSA) is 79.6 Å². The molecule has 0 aliphatic carbocycles. The van der Waals surface area contributed by atoms with Crippen molar-refractivity contribution in [2.75, 3.05) is 19.1 Å². The molecule has 0 amide bonds. The van der Waals surface area contributed by atoms with Gasteiger partial charge in [-0.25, -0.2) is 9.59 Å². The van der Waals surface area contributed by atoms with Gasteiger partial charge in [0.2, 0.25) is 0 Å². The van der Waals surface area contributed by atoms with E-state index in [0.29, 0.717) is 5.56 Å². The van der Waals surface area contributed by atoms with E-state index in [1.807, 2.05) is 74.3 Å². The number of rotatable bonds is 5. The largest absolute Gasteiger partial charge is 0.465 e. The fourth-order valence-corrected chi connectivity index (χ4v) is 3.70. The maximum atomic E-state index is 12.4. The van der Waals surface area contributed by atoms with Gasteiger partial charge in [-0.05, 0) is 41.5 Å². The number of hydrogen-bond donors (Lipinski definition) is 0. The molecule has 0 radical (unpaired) electrons. The maximum absolute atomic E-state index is 12.4. The van der Waals surface area contributed by atoms with Crippen LogP contribution < -0.4 is 4.90 Å². The average Bonchev–Trinajstić information content (AvgIpc) is 2.97. The molecule has 2 aromatic carbocycles. The Morgan fingerprint density at radius 2 is 1.87 bits per heavy atom. The number of nitriles is 1. The minimum Gasteiger partial charge on any atom is -0.465 e. The second kappa shape index (κ2) is 8.88. The van der Waals surface area contributed by atoms with Crippen LogP contribution in [0.2, 0.25) is 0 Å². The summed E-state index contributed by atoms with van der Waals surface area (Å²) in [6.45, 7) is 4.15. The third kappa shape index (κ3) is 4.36. The van der Waals surface area contributed by atoms with E-state index in [2.05, 4.69) is 0 Å². The number of carbonyl (C=O) groups excluding carboxylic acids is 2. The second-order valence-corrected chi connectivity index (χ2v) is 7.71. The quantitative estimate of drug-likeness (QED) is 0.411. The standard InChI is InChI=1S/C25H24N2O4/c1-25(2)20-14-18(23(28)30-4)10-12-21(20)27(3)22(25)13-11-19(15-26)24(29)31-16-17-8-6-5-7-9-17/h5-14H,16H2,1-4H3/b19-11+,22-13+. The number of fused-ring (bicyclic) bond motifs is 1. The first kappa shape index (κ1) is 21.8. The molecule has 1 heterocycles. The van der Waals surface area contributed by atoms with Gasteiger partial charge in [-0.2, -0.15) is 5.26 Å². The number of methoxy groups -OCH3 is 1. The zero-order valence-electron chi connectivity index (χ0n) is 18.0. The molecule has 6 heteroatoms. The number of anilines is 1. The Hall–Kier alpha value is -3.85. The summed E-state index contributed by atoms with van der Waals surface area (Å²) in [5.41, 5.74) is 3.58. The van der Waals surface area contributed by atoms with E-state index >= 15 is 0 Å². The molecule has 6 nitrogen and oxygen atoms in total. The van der Waals surface area contributed by atoms with Crippen molar-refractivity contribution in [1.29, 1.82) is 5.26 Å². The zero-order valence-corrected chi connectivity index (χ0v) is 18.0. The first-order chi connectivity index (χ1) is 14.8. The SMILES string of the molecule is COC(=O)c1ccc2c(c1)C(C)(C)/C(=C\C=C(/C#N)C(=O)OCc1ccccc1)N2C. The summed E-state index contributed by atoms with van der Waals surface area (Å²) in [6, 6.07) is 16.6. The lowest BCUT2D eigenvalue weighted by Crippen LogP contribution is -2.22. The lowest BCUT2D eigenvalue weighted by atomic mass is 9.83. The third-order valence-electron chi connectivity index (χ3n) is 5.42. The number of likely N-dealkylation sites (N-methyl/N-ethyl adjacent to an activating group) is 1. The molecular formula is C25H24N2O4. The van der Waals surface area contributed by atoms with Gasteiger partial charge < -0.3 is 14.4 Å². The Kier molecular flexibility index (Phi) is 6.26. The van der Waals surface area contributed by atoms with Crippen molar-refractivity contribution in [3.8, 4) is 6.07 Å². The molecule has 3 rings (SSSR count). The summed E-state index contributed by atoms with van der Waals surface area (Å²) < 4.78 is 10.1. The molecule has 0 unspecified atom stereocenters. The highest BCUT2D eigenvalue weighted by atomic mass is 16.5. The zero-order chi connectivity index (χ0) is 22.6. The van der Waals surface area contributed by atoms with Crippen LogP contribution in [0.3, 0.4) is 0 Å². The minimum atomic E-state index is -0.674. The van der Waals surface area contributed by atoms with Gasteiger partial charge >= 0.3 is 11.9 Å². The van der Waals surface area contributed by atoms with E-state index in [9.17, 15) is 14.9 Å². The van der Waals surface area contributed by atoms with Crippen LogP contribution in [0.5, 0.6) is 0 Å². The Balaban J connectivity index is 1.85. The number of ether oxygens (including phenoxy) is 2. The van der Waals surface area contributed by atoms with Gasteiger partial charge in [0.05, 0.1) is 12.7 Å². The fraction of sp³-hybridized carbons (Fsp3) is 0.240. The van der Waals surface area contributed by atoms with Crippen LogP contribution in [0.25, 0.3) is 0 Å². The minimum absolute atomic E-state index is 0.0844. The number of allylic oxidation sites excluding steroid dienone is 3. The maximum Gasteiger partial charge on any atom is 0.349 e. The number of nitrogens with zero attached hydrogens (tertiary/aromatic N) is 2. The predicted molar refractivity (Wildman–Crippen MR) is 117 cm³/mol. The highest BCUT2D eigenvalue weighted by Crippen LogP contribution is 2.47. The first-order valence-electron chi connectivity index (χ1n) is 9.79. The fourth-order valence-electron chi connectivity index (χ4n) is 3.70. The third-order valence-corrected chi connectivity index (χ3v) is 5.42. The van der Waals surface area contributed by atoms with Crippen LogP contribution in [-0.2, 0) is 26.3 Å². The van der Waals surface area contributed by atoms with Crippen molar-refractivity contribution >= 4 is 17.6 Å². The molecule has 1 aliphatic rings. The lowest BCUT2D eigenvalue weighted by molar-refractivity contribution is -0.139. The molecule has 2 aromatic rings. The Morgan fingerprint density at radius 1 is 1.16 bits per heavy atom. The average molecular weight is 416 g/mol. The first-order valence-corrected chi connectivity index (χ1v) is 9.79. The normalized spacial score (nSPS) is 15.9. The van der Waals surface area contributed by atoms with E-state index in [1.54, 1.807) is 12.1 Å². The summed E-state index contributed by atoms with van der Waals surface area (Å²) in [5.74, 6) is -1.07. The van der Waals surface area contributed by atoms with Gasteiger partial charge in [0.1, 0.15) is 18.2 Å². The molecular weight excluding hydrogens is 392 g/mol. The van der Waals surface area contributed by atoms with E-state index in [0.717, 1.165) is 22.5 Å². The number of esters is 2. The van der Waals surface area contributed by atoms with Crippen LogP contribution >= 0.6 is 0 Å². The van der Waals surface area contributed by atoms with E-state index < -0.39 is 17.4 Å². The van der Waals surface area contributed by atoms with Crippen LogP contribution in [0.4, 0.5) is 5.69 Å². The summed E-state index contributed by atoms with van der Waals surface area (Å²) in [5, 5.41) is 9.45. The van der Waals surface area contributed by atoms with Gasteiger partial charge in [0, 0.05) is 23.8 Å². The Morgan fingerprint density at radius 3 is 2.52 bits per heavy atom. The van der Waals surface area contributed by atoms with Gasteiger partial charge in [0.25, 0.3) is 0 Å². The van der Waals surface area contributed by atoms with Crippen molar-refractivity contribution in [2.24, 2.45) is 0 Å². The van der Waals surface area contributed by atoms with Crippen molar-refractivity contribution in [3.63, 3.8) is 0 Å². The lowest BCUT2D eigenvalue weighted by Gasteiger charge is -2.23. The summed E-state index contributed by atoms with van der Waals surface area (Å²) >= 11 is 0. The van der Waals surface area contributed by atoms with Gasteiger partial charge in [-0.15, -0.1) is 0 Å². The molecule has 158 valence electrons. The van der Waals surface area contributed by atoms with Crippen molar-refractivity contribution in [1.82, 2.24) is 0 Å². The summed E-state index contributed by atoms with van der Waals surface area (Å²) in [6.07, 6.45) is 3.23. The van der Waals surface area contributed by atoms with Crippen LogP contribution in [0.15, 0.2) is 72.0 Å². The Bertz CT molecular complexity index is 1110. The molecule has 0 fully saturated rings. The highest BCUT2D eigenvalue weighted by molar-refractivity contribution is 5.93. The van der Waals surface area contributed by atoms with Crippen molar-refractivity contribution < 1.29 is 19.1 Å². The molecule has 0 saturated carbocycles. The molecule has 1 aliphatic heterocycles. The highest BCUT2D eigenvalue weighted by Gasteiger charge is 2.38. The van der Waals surface area contributed by atoms with Crippen LogP contribution in [0.1, 0.15) is 35.3 Å². The van der Waals surface area contributed by atoms with Crippen molar-refractivity contribution in [3.05, 3.63) is 88.6 Å². The van der Waals surface area contributed by atoms with E-state index in [4.69, 9.17) is 9.47 Å². The predicted octanol–water partition coefficient (Wildman–Crippen LogP) is 4.28. The second-order valence-electron chi connectivity index (χ2n) is 7.71. The molecule has 0 atom stereocenters. The number of hydrogen-bond acceptors (Lipinski definition) is 6. The Labute approximate surface area is 182 Å². The van der Waals surface area contributed by atoms with Gasteiger partial charge in [-0.1, -0.05) is 44.2 Å². The van der Waals surface area contributed by atoms with Gasteiger partial charge in [-0.3, -0.25) is 0 Å².